The maximum atomic E-state index is 13.8. The Morgan fingerprint density at radius 1 is 1.15 bits per heavy atom. The number of hydrogen-bond acceptors (Lipinski definition) is 4. The van der Waals surface area contributed by atoms with E-state index in [1.54, 1.807) is 11.3 Å². The van der Waals surface area contributed by atoms with Crippen LogP contribution in [-0.2, 0) is 12.0 Å². The molecule has 1 aliphatic heterocycles. The lowest BCUT2D eigenvalue weighted by Crippen LogP contribution is -2.48. The van der Waals surface area contributed by atoms with Gasteiger partial charge in [-0.3, -0.25) is 9.69 Å². The van der Waals surface area contributed by atoms with Gasteiger partial charge in [0.1, 0.15) is 22.2 Å². The fraction of sp³-hybridized carbons (Fsp3) is 0.474. The predicted molar refractivity (Wildman–Crippen MR) is 98.4 cm³/mol. The molecule has 0 spiro atoms. The fourth-order valence-electron chi connectivity index (χ4n) is 2.89. The molecule has 0 bridgehead atoms. The summed E-state index contributed by atoms with van der Waals surface area (Å²) in [5, 5.41) is 3.14. The van der Waals surface area contributed by atoms with Crippen molar-refractivity contribution in [2.45, 2.75) is 32.7 Å². The van der Waals surface area contributed by atoms with Crippen LogP contribution < -0.4 is 0 Å². The van der Waals surface area contributed by atoms with Crippen LogP contribution in [0.25, 0.3) is 0 Å². The molecule has 0 unspecified atom stereocenters. The molecule has 0 N–H and O–H groups in total. The first kappa shape index (κ1) is 18.9. The topological polar surface area (TPSA) is 36.4 Å². The summed E-state index contributed by atoms with van der Waals surface area (Å²) in [5.41, 5.74) is 0.654. The van der Waals surface area contributed by atoms with Gasteiger partial charge in [0.15, 0.2) is 0 Å². The Labute approximate surface area is 156 Å². The number of rotatable bonds is 3. The summed E-state index contributed by atoms with van der Waals surface area (Å²) in [4.78, 5) is 20.9. The summed E-state index contributed by atoms with van der Waals surface area (Å²) in [6.07, 6.45) is 0. The van der Waals surface area contributed by atoms with Crippen LogP contribution in [0, 0.1) is 11.6 Å². The molecule has 26 heavy (non-hydrogen) atoms. The van der Waals surface area contributed by atoms with Crippen molar-refractivity contribution in [3.05, 3.63) is 51.5 Å². The first-order chi connectivity index (χ1) is 12.3. The first-order valence-electron chi connectivity index (χ1n) is 8.66. The Bertz CT molecular complexity index is 772. The van der Waals surface area contributed by atoms with Gasteiger partial charge in [-0.15, -0.1) is 11.3 Å². The first-order valence-corrected chi connectivity index (χ1v) is 9.54. The Kier molecular flexibility index (Phi) is 5.39. The van der Waals surface area contributed by atoms with Gasteiger partial charge < -0.3 is 4.90 Å². The number of hydrogen-bond donors (Lipinski definition) is 0. The quantitative estimate of drug-likeness (QED) is 0.816. The summed E-state index contributed by atoms with van der Waals surface area (Å²) in [5.74, 6) is -2.20. The van der Waals surface area contributed by atoms with Crippen molar-refractivity contribution < 1.29 is 13.6 Å². The zero-order chi connectivity index (χ0) is 18.9. The highest BCUT2D eigenvalue weighted by molar-refractivity contribution is 7.09. The number of amides is 1. The second-order valence-electron chi connectivity index (χ2n) is 7.54. The van der Waals surface area contributed by atoms with Crippen molar-refractivity contribution in [2.75, 3.05) is 26.2 Å². The molecule has 1 saturated heterocycles. The van der Waals surface area contributed by atoms with Crippen LogP contribution in [0.5, 0.6) is 0 Å². The van der Waals surface area contributed by atoms with E-state index in [1.807, 2.05) is 0 Å². The molecule has 1 aromatic carbocycles. The van der Waals surface area contributed by atoms with Gasteiger partial charge in [0, 0.05) is 37.0 Å². The average Bonchev–Trinajstić information content (AvgIpc) is 3.04. The summed E-state index contributed by atoms with van der Waals surface area (Å²) < 4.78 is 27.6. The van der Waals surface area contributed by atoms with Crippen molar-refractivity contribution in [3.8, 4) is 0 Å². The van der Waals surface area contributed by atoms with E-state index in [0.717, 1.165) is 29.4 Å². The third-order valence-electron chi connectivity index (χ3n) is 4.52. The lowest BCUT2D eigenvalue weighted by atomic mass is 9.93. The zero-order valence-corrected chi connectivity index (χ0v) is 16.1. The Hall–Kier alpha value is -1.86. The van der Waals surface area contributed by atoms with Gasteiger partial charge in [-0.05, 0) is 12.1 Å². The number of nitrogens with zero attached hydrogens (tertiary/aromatic N) is 3. The number of piperazine rings is 1. The number of carbonyl (C=O) groups is 1. The van der Waals surface area contributed by atoms with Crippen molar-refractivity contribution >= 4 is 17.2 Å². The second kappa shape index (κ2) is 7.40. The van der Waals surface area contributed by atoms with Gasteiger partial charge in [0.05, 0.1) is 12.2 Å². The predicted octanol–water partition coefficient (Wildman–Crippen LogP) is 3.68. The number of benzene rings is 1. The minimum absolute atomic E-state index is 0.0314. The molecule has 2 heterocycles. The van der Waals surface area contributed by atoms with Crippen LogP contribution in [-0.4, -0.2) is 46.9 Å². The minimum Gasteiger partial charge on any atom is -0.336 e. The van der Waals surface area contributed by atoms with E-state index in [-0.39, 0.29) is 5.41 Å². The smallest absolute Gasteiger partial charge is 0.259 e. The molecule has 0 radical (unpaired) electrons. The minimum atomic E-state index is -0.810. The molecular weight excluding hydrogens is 356 g/mol. The molecule has 1 aromatic heterocycles. The third-order valence-corrected chi connectivity index (χ3v) is 5.35. The average molecular weight is 379 g/mol. The Morgan fingerprint density at radius 2 is 1.77 bits per heavy atom. The van der Waals surface area contributed by atoms with E-state index in [0.29, 0.717) is 26.2 Å². The van der Waals surface area contributed by atoms with Crippen molar-refractivity contribution in [1.82, 2.24) is 14.8 Å². The molecule has 0 atom stereocenters. The summed E-state index contributed by atoms with van der Waals surface area (Å²) in [7, 11) is 0. The van der Waals surface area contributed by atoms with E-state index in [1.165, 1.54) is 11.0 Å². The van der Waals surface area contributed by atoms with Crippen LogP contribution >= 0.6 is 11.3 Å². The zero-order valence-electron chi connectivity index (χ0n) is 15.3. The largest absolute Gasteiger partial charge is 0.336 e. The summed E-state index contributed by atoms with van der Waals surface area (Å²) in [6, 6.07) is 3.49. The van der Waals surface area contributed by atoms with Gasteiger partial charge in [-0.25, -0.2) is 13.8 Å². The number of aromatic nitrogens is 1. The number of carbonyl (C=O) groups excluding carboxylic acids is 1. The van der Waals surface area contributed by atoms with Gasteiger partial charge >= 0.3 is 0 Å². The molecule has 140 valence electrons. The standard InChI is InChI=1S/C19H23F2N3OS/c1-19(2,3)15-12-26-16(22-15)11-23-7-9-24(10-8-23)18(25)17-13(20)5-4-6-14(17)21/h4-6,12H,7-11H2,1-3H3. The second-order valence-corrected chi connectivity index (χ2v) is 8.48. The van der Waals surface area contributed by atoms with E-state index in [2.05, 4.69) is 31.1 Å². The maximum absolute atomic E-state index is 13.8. The Balaban J connectivity index is 1.59. The normalized spacial score (nSPS) is 16.1. The van der Waals surface area contributed by atoms with E-state index >= 15 is 0 Å². The van der Waals surface area contributed by atoms with E-state index in [9.17, 15) is 13.6 Å². The summed E-state index contributed by atoms with van der Waals surface area (Å²) in [6.45, 7) is 9.36. The Morgan fingerprint density at radius 3 is 2.31 bits per heavy atom. The van der Waals surface area contributed by atoms with Crippen molar-refractivity contribution in [1.29, 1.82) is 0 Å². The van der Waals surface area contributed by atoms with Crippen LogP contribution in [0.4, 0.5) is 8.78 Å². The monoisotopic (exact) mass is 379 g/mol. The van der Waals surface area contributed by atoms with Crippen LogP contribution in [0.3, 0.4) is 0 Å². The number of thiazole rings is 1. The number of halogens is 2. The maximum Gasteiger partial charge on any atom is 0.259 e. The van der Waals surface area contributed by atoms with Gasteiger partial charge in [0.2, 0.25) is 0 Å². The van der Waals surface area contributed by atoms with Crippen LogP contribution in [0.15, 0.2) is 23.6 Å². The molecule has 2 aromatic rings. The molecule has 4 nitrogen and oxygen atoms in total. The molecule has 1 fully saturated rings. The van der Waals surface area contributed by atoms with Gasteiger partial charge in [0.25, 0.3) is 5.91 Å². The van der Waals surface area contributed by atoms with Crippen LogP contribution in [0.2, 0.25) is 0 Å². The highest BCUT2D eigenvalue weighted by Gasteiger charge is 2.27. The molecule has 0 saturated carbocycles. The highest BCUT2D eigenvalue weighted by atomic mass is 32.1. The summed E-state index contributed by atoms with van der Waals surface area (Å²) >= 11 is 1.65. The van der Waals surface area contributed by atoms with Crippen molar-refractivity contribution in [3.63, 3.8) is 0 Å². The molecule has 1 aliphatic rings. The van der Waals surface area contributed by atoms with Gasteiger partial charge in [-0.1, -0.05) is 26.8 Å². The molecule has 3 rings (SSSR count). The highest BCUT2D eigenvalue weighted by Crippen LogP contribution is 2.25. The molecule has 1 amide bonds. The SMILES string of the molecule is CC(C)(C)c1csc(CN2CCN(C(=O)c3c(F)cccc3F)CC2)n1. The molecule has 7 heteroatoms. The molecular formula is C19H23F2N3OS. The van der Waals surface area contributed by atoms with E-state index in [4.69, 9.17) is 4.98 Å². The van der Waals surface area contributed by atoms with Crippen molar-refractivity contribution in [2.24, 2.45) is 0 Å². The fourth-order valence-corrected chi connectivity index (χ4v) is 3.95. The lowest BCUT2D eigenvalue weighted by molar-refractivity contribution is 0.0619. The van der Waals surface area contributed by atoms with Gasteiger partial charge in [-0.2, -0.15) is 0 Å². The van der Waals surface area contributed by atoms with Crippen LogP contribution in [0.1, 0.15) is 41.8 Å². The molecule has 0 aliphatic carbocycles. The third kappa shape index (κ3) is 4.10. The van der Waals surface area contributed by atoms with E-state index < -0.39 is 23.1 Å². The lowest BCUT2D eigenvalue weighted by Gasteiger charge is -2.34.